The van der Waals surface area contributed by atoms with Crippen molar-refractivity contribution in [3.8, 4) is 0 Å². The third-order valence-electron chi connectivity index (χ3n) is 4.37. The Bertz CT molecular complexity index is 642. The number of carbonyl (C=O) groups is 1. The van der Waals surface area contributed by atoms with Crippen LogP contribution in [0.1, 0.15) is 50.9 Å². The summed E-state index contributed by atoms with van der Waals surface area (Å²) in [6, 6.07) is 3.44. The van der Waals surface area contributed by atoms with Gasteiger partial charge in [-0.25, -0.2) is 5.43 Å². The SMILES string of the molecule is CC1=CCCC(C)(C)C1C=CC(C)=NNC(=O)c1cccnc1. The van der Waals surface area contributed by atoms with Crippen LogP contribution in [0.4, 0.5) is 0 Å². The molecule has 0 bridgehead atoms. The summed E-state index contributed by atoms with van der Waals surface area (Å²) in [5, 5.41) is 4.14. The largest absolute Gasteiger partial charge is 0.272 e. The van der Waals surface area contributed by atoms with E-state index in [2.05, 4.69) is 48.4 Å². The van der Waals surface area contributed by atoms with Gasteiger partial charge in [0, 0.05) is 18.3 Å². The van der Waals surface area contributed by atoms with E-state index in [1.54, 1.807) is 18.3 Å². The van der Waals surface area contributed by atoms with Crippen molar-refractivity contribution in [2.24, 2.45) is 16.4 Å². The van der Waals surface area contributed by atoms with Crippen LogP contribution in [0.25, 0.3) is 0 Å². The maximum Gasteiger partial charge on any atom is 0.272 e. The van der Waals surface area contributed by atoms with E-state index in [-0.39, 0.29) is 11.3 Å². The summed E-state index contributed by atoms with van der Waals surface area (Å²) >= 11 is 0. The van der Waals surface area contributed by atoms with E-state index in [1.165, 1.54) is 18.2 Å². The molecule has 2 rings (SSSR count). The smallest absolute Gasteiger partial charge is 0.267 e. The van der Waals surface area contributed by atoms with E-state index < -0.39 is 0 Å². The van der Waals surface area contributed by atoms with Crippen LogP contribution in [0.2, 0.25) is 0 Å². The van der Waals surface area contributed by atoms with Crippen LogP contribution in [0.3, 0.4) is 0 Å². The van der Waals surface area contributed by atoms with Gasteiger partial charge in [0.25, 0.3) is 5.91 Å². The molecule has 122 valence electrons. The van der Waals surface area contributed by atoms with Crippen LogP contribution in [-0.2, 0) is 0 Å². The van der Waals surface area contributed by atoms with E-state index in [9.17, 15) is 4.79 Å². The molecule has 4 nitrogen and oxygen atoms in total. The molecule has 1 aliphatic rings. The topological polar surface area (TPSA) is 54.4 Å². The summed E-state index contributed by atoms with van der Waals surface area (Å²) in [6.07, 6.45) is 12.0. The van der Waals surface area contributed by atoms with Crippen molar-refractivity contribution in [2.75, 3.05) is 0 Å². The third-order valence-corrected chi connectivity index (χ3v) is 4.37. The fourth-order valence-electron chi connectivity index (χ4n) is 2.96. The van der Waals surface area contributed by atoms with Gasteiger partial charge in [0.15, 0.2) is 0 Å². The van der Waals surface area contributed by atoms with Crippen LogP contribution < -0.4 is 5.43 Å². The van der Waals surface area contributed by atoms with Crippen LogP contribution in [0.5, 0.6) is 0 Å². The van der Waals surface area contributed by atoms with Gasteiger partial charge in [-0.15, -0.1) is 0 Å². The quantitative estimate of drug-likeness (QED) is 0.516. The summed E-state index contributed by atoms with van der Waals surface area (Å²) in [4.78, 5) is 15.8. The van der Waals surface area contributed by atoms with Gasteiger partial charge in [-0.2, -0.15) is 5.10 Å². The Morgan fingerprint density at radius 3 is 2.91 bits per heavy atom. The van der Waals surface area contributed by atoms with Crippen LogP contribution in [0.15, 0.2) is 53.4 Å². The van der Waals surface area contributed by atoms with Crippen LogP contribution >= 0.6 is 0 Å². The highest BCUT2D eigenvalue weighted by Gasteiger charge is 2.30. The second-order valence-electron chi connectivity index (χ2n) is 6.75. The molecule has 1 amide bonds. The second-order valence-corrected chi connectivity index (χ2v) is 6.75. The van der Waals surface area contributed by atoms with Gasteiger partial charge in [-0.3, -0.25) is 9.78 Å². The molecule has 1 aromatic heterocycles. The molecule has 1 unspecified atom stereocenters. The Balaban J connectivity index is 2.00. The average molecular weight is 311 g/mol. The molecule has 0 spiro atoms. The Morgan fingerprint density at radius 1 is 1.48 bits per heavy atom. The number of pyridine rings is 1. The molecule has 1 heterocycles. The highest BCUT2D eigenvalue weighted by atomic mass is 16.2. The second kappa shape index (κ2) is 7.36. The van der Waals surface area contributed by atoms with E-state index >= 15 is 0 Å². The maximum absolute atomic E-state index is 11.9. The first-order valence-corrected chi connectivity index (χ1v) is 7.99. The number of hydrogen-bond acceptors (Lipinski definition) is 3. The van der Waals surface area contributed by atoms with E-state index in [0.29, 0.717) is 11.5 Å². The molecule has 0 radical (unpaired) electrons. The monoisotopic (exact) mass is 311 g/mol. The minimum atomic E-state index is -0.250. The number of amides is 1. The zero-order valence-electron chi connectivity index (χ0n) is 14.3. The maximum atomic E-state index is 11.9. The van der Waals surface area contributed by atoms with Gasteiger partial charge in [0.2, 0.25) is 0 Å². The Hall–Kier alpha value is -2.23. The van der Waals surface area contributed by atoms with Crippen molar-refractivity contribution >= 4 is 11.6 Å². The number of hydrazone groups is 1. The van der Waals surface area contributed by atoms with Gasteiger partial charge in [0.1, 0.15) is 0 Å². The molecular weight excluding hydrogens is 286 g/mol. The van der Waals surface area contributed by atoms with Crippen LogP contribution in [0, 0.1) is 11.3 Å². The first-order valence-electron chi connectivity index (χ1n) is 7.99. The molecule has 1 aliphatic carbocycles. The summed E-state index contributed by atoms with van der Waals surface area (Å²) in [6.45, 7) is 8.67. The summed E-state index contributed by atoms with van der Waals surface area (Å²) in [5.74, 6) is 0.162. The molecule has 1 N–H and O–H groups in total. The van der Waals surface area contributed by atoms with Gasteiger partial charge in [-0.1, -0.05) is 31.6 Å². The molecule has 4 heteroatoms. The summed E-state index contributed by atoms with van der Waals surface area (Å²) < 4.78 is 0. The minimum Gasteiger partial charge on any atom is -0.267 e. The zero-order chi connectivity index (χ0) is 16.9. The Morgan fingerprint density at radius 2 is 2.26 bits per heavy atom. The first-order chi connectivity index (χ1) is 10.9. The number of hydrogen-bond donors (Lipinski definition) is 1. The predicted octanol–water partition coefficient (Wildman–Crippen LogP) is 4.13. The molecule has 0 saturated heterocycles. The highest BCUT2D eigenvalue weighted by Crippen LogP contribution is 2.41. The van der Waals surface area contributed by atoms with Gasteiger partial charge < -0.3 is 0 Å². The number of aromatic nitrogens is 1. The Labute approximate surface area is 138 Å². The molecule has 1 aromatic rings. The van der Waals surface area contributed by atoms with Gasteiger partial charge in [0.05, 0.1) is 11.3 Å². The lowest BCUT2D eigenvalue weighted by Crippen LogP contribution is -2.26. The lowest BCUT2D eigenvalue weighted by molar-refractivity contribution is 0.0954. The number of allylic oxidation sites excluding steroid dienone is 4. The summed E-state index contributed by atoms with van der Waals surface area (Å²) in [7, 11) is 0. The number of nitrogens with one attached hydrogen (secondary N) is 1. The van der Waals surface area contributed by atoms with Crippen molar-refractivity contribution in [1.29, 1.82) is 0 Å². The Kier molecular flexibility index (Phi) is 5.48. The number of rotatable bonds is 4. The van der Waals surface area contributed by atoms with Crippen molar-refractivity contribution in [3.05, 3.63) is 53.9 Å². The van der Waals surface area contributed by atoms with Crippen molar-refractivity contribution in [1.82, 2.24) is 10.4 Å². The number of carbonyl (C=O) groups excluding carboxylic acids is 1. The van der Waals surface area contributed by atoms with Crippen molar-refractivity contribution in [3.63, 3.8) is 0 Å². The zero-order valence-corrected chi connectivity index (χ0v) is 14.3. The lowest BCUT2D eigenvalue weighted by atomic mass is 9.68. The molecule has 0 fully saturated rings. The first kappa shape index (κ1) is 17.1. The van der Waals surface area contributed by atoms with E-state index in [1.807, 2.05) is 13.0 Å². The van der Waals surface area contributed by atoms with Crippen molar-refractivity contribution in [2.45, 2.75) is 40.5 Å². The fraction of sp³-hybridized carbons (Fsp3) is 0.421. The van der Waals surface area contributed by atoms with Gasteiger partial charge >= 0.3 is 0 Å². The summed E-state index contributed by atoms with van der Waals surface area (Å²) in [5.41, 5.74) is 5.50. The third kappa shape index (κ3) is 4.62. The minimum absolute atomic E-state index is 0.250. The molecule has 1 atom stereocenters. The normalized spacial score (nSPS) is 21.1. The average Bonchev–Trinajstić information content (AvgIpc) is 2.52. The highest BCUT2D eigenvalue weighted by molar-refractivity contribution is 5.97. The fourth-order valence-corrected chi connectivity index (χ4v) is 2.96. The van der Waals surface area contributed by atoms with Crippen molar-refractivity contribution < 1.29 is 4.79 Å². The lowest BCUT2D eigenvalue weighted by Gasteiger charge is -2.36. The molecule has 0 saturated carbocycles. The van der Waals surface area contributed by atoms with Gasteiger partial charge in [-0.05, 0) is 50.3 Å². The molecule has 23 heavy (non-hydrogen) atoms. The molecule has 0 aromatic carbocycles. The van der Waals surface area contributed by atoms with Crippen LogP contribution in [-0.4, -0.2) is 16.6 Å². The standard InChI is InChI=1S/C19H25N3O/c1-14-7-5-11-19(3,4)17(14)10-9-15(2)21-22-18(23)16-8-6-12-20-13-16/h6-10,12-13,17H,5,11H2,1-4H3,(H,22,23). The molecule has 0 aliphatic heterocycles. The predicted molar refractivity (Wildman–Crippen MR) is 94.2 cm³/mol. The van der Waals surface area contributed by atoms with E-state index in [0.717, 1.165) is 12.1 Å². The molecular formula is C19H25N3O. The van der Waals surface area contributed by atoms with E-state index in [4.69, 9.17) is 0 Å². The number of nitrogens with zero attached hydrogens (tertiary/aromatic N) is 2.